The van der Waals surface area contributed by atoms with Gasteiger partial charge in [-0.1, -0.05) is 49.4 Å². The van der Waals surface area contributed by atoms with Crippen molar-refractivity contribution < 1.29 is 5.11 Å². The van der Waals surface area contributed by atoms with Crippen LogP contribution >= 0.6 is 0 Å². The molecule has 3 aromatic rings. The van der Waals surface area contributed by atoms with E-state index in [0.717, 1.165) is 36.4 Å². The van der Waals surface area contributed by atoms with Crippen molar-refractivity contribution in [2.75, 3.05) is 13.6 Å². The Kier molecular flexibility index (Phi) is 5.28. The first kappa shape index (κ1) is 16.7. The van der Waals surface area contributed by atoms with Crippen molar-refractivity contribution in [1.29, 1.82) is 0 Å². The van der Waals surface area contributed by atoms with E-state index in [1.165, 1.54) is 5.56 Å². The van der Waals surface area contributed by atoms with Gasteiger partial charge < -0.3 is 14.6 Å². The van der Waals surface area contributed by atoms with E-state index in [1.807, 2.05) is 24.3 Å². The van der Waals surface area contributed by atoms with Crippen LogP contribution in [0.2, 0.25) is 0 Å². The Balaban J connectivity index is 1.83. The van der Waals surface area contributed by atoms with Gasteiger partial charge in [-0.25, -0.2) is 4.98 Å². The van der Waals surface area contributed by atoms with Gasteiger partial charge in [0.1, 0.15) is 12.4 Å². The highest BCUT2D eigenvalue weighted by molar-refractivity contribution is 5.76. The second-order valence-corrected chi connectivity index (χ2v) is 6.29. The lowest BCUT2D eigenvalue weighted by Crippen LogP contribution is -2.28. The molecule has 0 radical (unpaired) electrons. The van der Waals surface area contributed by atoms with Crippen molar-refractivity contribution in [1.82, 2.24) is 14.5 Å². The number of likely N-dealkylation sites (N-methyl/N-ethyl adjacent to an activating group) is 1. The molecule has 1 atom stereocenters. The van der Waals surface area contributed by atoms with Crippen LogP contribution in [0.4, 0.5) is 0 Å². The molecule has 0 aliphatic heterocycles. The summed E-state index contributed by atoms with van der Waals surface area (Å²) in [5.74, 6) is 0.746. The summed E-state index contributed by atoms with van der Waals surface area (Å²) < 4.78 is 2.21. The van der Waals surface area contributed by atoms with Gasteiger partial charge >= 0.3 is 0 Å². The Morgan fingerprint density at radius 1 is 1.08 bits per heavy atom. The summed E-state index contributed by atoms with van der Waals surface area (Å²) >= 11 is 0. The van der Waals surface area contributed by atoms with Crippen LogP contribution in [0.5, 0.6) is 0 Å². The van der Waals surface area contributed by atoms with Gasteiger partial charge in [-0.2, -0.15) is 0 Å². The van der Waals surface area contributed by atoms with Crippen LogP contribution < -0.4 is 0 Å². The number of aliphatic hydroxyl groups excluding tert-OH is 1. The quantitative estimate of drug-likeness (QED) is 0.722. The average Bonchev–Trinajstić information content (AvgIpc) is 2.99. The van der Waals surface area contributed by atoms with E-state index in [9.17, 15) is 5.11 Å². The fourth-order valence-corrected chi connectivity index (χ4v) is 3.33. The number of hydrogen-bond acceptors (Lipinski definition) is 3. The van der Waals surface area contributed by atoms with E-state index < -0.39 is 0 Å². The fraction of sp³-hybridized carbons (Fsp3) is 0.350. The van der Waals surface area contributed by atoms with Crippen LogP contribution in [0.3, 0.4) is 0 Å². The van der Waals surface area contributed by atoms with Crippen molar-refractivity contribution in [3.8, 4) is 0 Å². The number of aromatic nitrogens is 2. The standard InChI is InChI=1S/C20H25N3O/c1-3-17(14-22(2)13-16-9-5-4-6-10-16)23-19-12-8-7-11-18(19)21-20(23)15-24/h4-12,17,24H,3,13-15H2,1-2H3. The van der Waals surface area contributed by atoms with Crippen LogP contribution in [-0.4, -0.2) is 33.1 Å². The van der Waals surface area contributed by atoms with E-state index >= 15 is 0 Å². The molecular weight excluding hydrogens is 298 g/mol. The van der Waals surface area contributed by atoms with E-state index in [0.29, 0.717) is 0 Å². The normalized spacial score (nSPS) is 12.8. The summed E-state index contributed by atoms with van der Waals surface area (Å²) in [5, 5.41) is 9.74. The van der Waals surface area contributed by atoms with Gasteiger partial charge in [0.15, 0.2) is 0 Å². The minimum atomic E-state index is -0.0341. The van der Waals surface area contributed by atoms with Crippen molar-refractivity contribution in [3.05, 3.63) is 66.0 Å². The van der Waals surface area contributed by atoms with E-state index in [2.05, 4.69) is 58.8 Å². The van der Waals surface area contributed by atoms with Gasteiger partial charge in [0.25, 0.3) is 0 Å². The molecule has 4 nitrogen and oxygen atoms in total. The van der Waals surface area contributed by atoms with Crippen molar-refractivity contribution in [3.63, 3.8) is 0 Å². The van der Waals surface area contributed by atoms with Gasteiger partial charge in [0, 0.05) is 19.1 Å². The summed E-state index contributed by atoms with van der Waals surface area (Å²) in [7, 11) is 2.15. The fourth-order valence-electron chi connectivity index (χ4n) is 3.33. The van der Waals surface area contributed by atoms with Crippen LogP contribution in [0.25, 0.3) is 11.0 Å². The van der Waals surface area contributed by atoms with E-state index in [-0.39, 0.29) is 12.6 Å². The van der Waals surface area contributed by atoms with Crippen LogP contribution in [-0.2, 0) is 13.2 Å². The number of benzene rings is 2. The summed E-state index contributed by atoms with van der Waals surface area (Å²) in [6.45, 7) is 3.99. The number of fused-ring (bicyclic) bond motifs is 1. The predicted molar refractivity (Wildman–Crippen MR) is 97.8 cm³/mol. The third kappa shape index (κ3) is 3.50. The lowest BCUT2D eigenvalue weighted by atomic mass is 10.1. The SMILES string of the molecule is CCC(CN(C)Cc1ccccc1)n1c(CO)nc2ccccc21. The minimum absolute atomic E-state index is 0.0341. The first-order valence-electron chi connectivity index (χ1n) is 8.52. The van der Waals surface area contributed by atoms with Crippen molar-refractivity contribution in [2.24, 2.45) is 0 Å². The van der Waals surface area contributed by atoms with Gasteiger partial charge in [0.05, 0.1) is 11.0 Å². The molecule has 0 spiro atoms. The van der Waals surface area contributed by atoms with Crippen molar-refractivity contribution in [2.45, 2.75) is 32.5 Å². The van der Waals surface area contributed by atoms with Crippen LogP contribution in [0, 0.1) is 0 Å². The summed E-state index contributed by atoms with van der Waals surface area (Å²) in [5.41, 5.74) is 3.36. The first-order chi connectivity index (χ1) is 11.7. The maximum absolute atomic E-state index is 9.74. The molecule has 0 aliphatic carbocycles. The number of imidazole rings is 1. The first-order valence-corrected chi connectivity index (χ1v) is 8.52. The molecule has 0 saturated heterocycles. The Morgan fingerprint density at radius 3 is 2.50 bits per heavy atom. The molecule has 0 saturated carbocycles. The molecule has 126 valence electrons. The third-order valence-electron chi connectivity index (χ3n) is 4.46. The number of para-hydroxylation sites is 2. The smallest absolute Gasteiger partial charge is 0.136 e. The largest absolute Gasteiger partial charge is 0.388 e. The van der Waals surface area contributed by atoms with Crippen LogP contribution in [0.15, 0.2) is 54.6 Å². The Bertz CT molecular complexity index is 782. The van der Waals surface area contributed by atoms with Crippen molar-refractivity contribution >= 4 is 11.0 Å². The molecule has 4 heteroatoms. The summed E-state index contributed by atoms with van der Waals surface area (Å²) in [6, 6.07) is 18.9. The molecule has 1 heterocycles. The predicted octanol–water partition coefficient (Wildman–Crippen LogP) is 3.61. The Hall–Kier alpha value is -2.17. The molecule has 24 heavy (non-hydrogen) atoms. The highest BCUT2D eigenvalue weighted by Crippen LogP contribution is 2.24. The van der Waals surface area contributed by atoms with E-state index in [1.54, 1.807) is 0 Å². The monoisotopic (exact) mass is 323 g/mol. The minimum Gasteiger partial charge on any atom is -0.388 e. The number of hydrogen-bond donors (Lipinski definition) is 1. The molecule has 3 rings (SSSR count). The second kappa shape index (κ2) is 7.60. The molecule has 1 N–H and O–H groups in total. The molecule has 0 aliphatic rings. The number of aliphatic hydroxyl groups is 1. The highest BCUT2D eigenvalue weighted by atomic mass is 16.3. The maximum Gasteiger partial charge on any atom is 0.136 e. The molecule has 2 aromatic carbocycles. The molecule has 0 bridgehead atoms. The molecular formula is C20H25N3O. The maximum atomic E-state index is 9.74. The number of nitrogens with zero attached hydrogens (tertiary/aromatic N) is 3. The zero-order chi connectivity index (χ0) is 16.9. The lowest BCUT2D eigenvalue weighted by Gasteiger charge is -2.26. The number of rotatable bonds is 7. The average molecular weight is 323 g/mol. The lowest BCUT2D eigenvalue weighted by molar-refractivity contribution is 0.237. The van der Waals surface area contributed by atoms with E-state index in [4.69, 9.17) is 0 Å². The molecule has 0 fully saturated rings. The summed E-state index contributed by atoms with van der Waals surface area (Å²) in [6.07, 6.45) is 0.993. The Morgan fingerprint density at radius 2 is 1.79 bits per heavy atom. The molecule has 1 aromatic heterocycles. The topological polar surface area (TPSA) is 41.3 Å². The summed E-state index contributed by atoms with van der Waals surface area (Å²) in [4.78, 5) is 6.92. The molecule has 0 amide bonds. The highest BCUT2D eigenvalue weighted by Gasteiger charge is 2.19. The van der Waals surface area contributed by atoms with Gasteiger partial charge in [0.2, 0.25) is 0 Å². The van der Waals surface area contributed by atoms with Gasteiger partial charge in [-0.3, -0.25) is 0 Å². The van der Waals surface area contributed by atoms with Gasteiger partial charge in [-0.15, -0.1) is 0 Å². The zero-order valence-corrected chi connectivity index (χ0v) is 14.4. The Labute approximate surface area is 143 Å². The zero-order valence-electron chi connectivity index (χ0n) is 14.4. The second-order valence-electron chi connectivity index (χ2n) is 6.29. The molecule has 1 unspecified atom stereocenters. The third-order valence-corrected chi connectivity index (χ3v) is 4.46. The van der Waals surface area contributed by atoms with Crippen LogP contribution in [0.1, 0.15) is 30.8 Å². The van der Waals surface area contributed by atoms with Gasteiger partial charge in [-0.05, 0) is 31.2 Å².